The second kappa shape index (κ2) is 8.94. The molecule has 0 aliphatic carbocycles. The fourth-order valence-corrected chi connectivity index (χ4v) is 2.08. The van der Waals surface area contributed by atoms with Gasteiger partial charge in [0.2, 0.25) is 0 Å². The van der Waals surface area contributed by atoms with Gasteiger partial charge in [0.05, 0.1) is 0 Å². The number of para-hydroxylation sites is 1. The second-order valence-electron chi connectivity index (χ2n) is 5.26. The Bertz CT molecular complexity index is 579. The molecule has 0 aromatic heterocycles. The maximum atomic E-state index is 12.2. The van der Waals surface area contributed by atoms with Crippen LogP contribution in [0.2, 0.25) is 0 Å². The van der Waals surface area contributed by atoms with Gasteiger partial charge in [-0.3, -0.25) is 15.6 Å². The second-order valence-corrected chi connectivity index (χ2v) is 5.66. The van der Waals surface area contributed by atoms with Gasteiger partial charge in [-0.15, -0.1) is 0 Å². The lowest BCUT2D eigenvalue weighted by atomic mass is 9.99. The van der Waals surface area contributed by atoms with Crippen molar-refractivity contribution in [2.24, 2.45) is 11.7 Å². The molecule has 0 bridgehead atoms. The number of thiocarbonyl (C=S) groups is 1. The third-order valence-corrected chi connectivity index (χ3v) is 3.69. The number of carbonyl (C=O) groups is 2. The molecule has 6 N–H and O–H groups in total. The minimum absolute atomic E-state index is 0.0674. The minimum Gasteiger partial charge on any atom is -0.352 e. The topological polar surface area (TPSA) is 108 Å². The summed E-state index contributed by atoms with van der Waals surface area (Å²) in [5.41, 5.74) is 12.1. The third-order valence-electron chi connectivity index (χ3n) is 3.49. The maximum Gasteiger partial charge on any atom is 0.312 e. The lowest BCUT2D eigenvalue weighted by molar-refractivity contribution is -0.124. The van der Waals surface area contributed by atoms with Gasteiger partial charge in [-0.2, -0.15) is 0 Å². The zero-order valence-electron chi connectivity index (χ0n) is 13.5. The van der Waals surface area contributed by atoms with Crippen molar-refractivity contribution in [3.63, 3.8) is 0 Å². The molecule has 23 heavy (non-hydrogen) atoms. The summed E-state index contributed by atoms with van der Waals surface area (Å²) >= 11 is 5.13. The number of hydrogen-bond acceptors (Lipinski definition) is 3. The molecule has 2 atom stereocenters. The number of urea groups is 1. The summed E-state index contributed by atoms with van der Waals surface area (Å²) in [6, 6.07) is 6.15. The van der Waals surface area contributed by atoms with Crippen molar-refractivity contribution in [1.82, 2.24) is 16.2 Å². The van der Waals surface area contributed by atoms with Crippen LogP contribution in [0.3, 0.4) is 0 Å². The molecule has 0 heterocycles. The van der Waals surface area contributed by atoms with E-state index in [0.29, 0.717) is 6.42 Å². The highest BCUT2D eigenvalue weighted by Crippen LogP contribution is 2.12. The Morgan fingerprint density at radius 1 is 1.26 bits per heavy atom. The smallest absolute Gasteiger partial charge is 0.312 e. The fraction of sp³-hybridized carbons (Fsp3) is 0.400. The molecular formula is C15H23N5O2S. The standard InChI is InChI=1S/C15H23N5O2S/c1-4-9(2)12(18-14(16)22)13(21)19-20-15(23)17-11-8-6-5-7-10(11)3/h5-9,12H,4H2,1-3H3,(H,19,21)(H3,16,18,22)(H2,17,20,23). The number of nitrogens with two attached hydrogens (primary N) is 1. The van der Waals surface area contributed by atoms with Gasteiger partial charge >= 0.3 is 6.03 Å². The Balaban J connectivity index is 2.57. The van der Waals surface area contributed by atoms with Crippen LogP contribution in [0.15, 0.2) is 24.3 Å². The van der Waals surface area contributed by atoms with Crippen molar-refractivity contribution in [3.05, 3.63) is 29.8 Å². The number of carbonyl (C=O) groups excluding carboxylic acids is 2. The predicted octanol–water partition coefficient (Wildman–Crippen LogP) is 1.40. The first-order valence-electron chi connectivity index (χ1n) is 7.33. The van der Waals surface area contributed by atoms with E-state index < -0.39 is 18.0 Å². The highest BCUT2D eigenvalue weighted by Gasteiger charge is 2.25. The van der Waals surface area contributed by atoms with Crippen LogP contribution in [0.25, 0.3) is 0 Å². The molecule has 0 radical (unpaired) electrons. The highest BCUT2D eigenvalue weighted by molar-refractivity contribution is 7.80. The number of nitrogens with one attached hydrogen (secondary N) is 4. The number of anilines is 1. The zero-order chi connectivity index (χ0) is 17.4. The molecule has 0 aliphatic rings. The first-order valence-corrected chi connectivity index (χ1v) is 7.74. The van der Waals surface area contributed by atoms with E-state index >= 15 is 0 Å². The molecule has 0 fully saturated rings. The number of hydrazine groups is 1. The highest BCUT2D eigenvalue weighted by atomic mass is 32.1. The van der Waals surface area contributed by atoms with Gasteiger partial charge in [-0.05, 0) is 36.7 Å². The van der Waals surface area contributed by atoms with Gasteiger partial charge in [0.1, 0.15) is 6.04 Å². The van der Waals surface area contributed by atoms with E-state index in [4.69, 9.17) is 18.0 Å². The summed E-state index contributed by atoms with van der Waals surface area (Å²) in [5.74, 6) is -0.478. The normalized spacial score (nSPS) is 12.7. The fourth-order valence-electron chi connectivity index (χ4n) is 1.92. The number of primary amides is 1. The van der Waals surface area contributed by atoms with Crippen LogP contribution in [0.1, 0.15) is 25.8 Å². The van der Waals surface area contributed by atoms with E-state index in [9.17, 15) is 9.59 Å². The Kier molecular flexibility index (Phi) is 7.27. The number of aryl methyl sites for hydroxylation is 1. The van der Waals surface area contributed by atoms with Gasteiger partial charge in [0.15, 0.2) is 5.11 Å². The number of benzene rings is 1. The van der Waals surface area contributed by atoms with E-state index in [1.54, 1.807) is 0 Å². The SMILES string of the molecule is CCC(C)C(NC(N)=O)C(=O)NNC(=S)Nc1ccccc1C. The molecule has 8 heteroatoms. The Hall–Kier alpha value is -2.35. The van der Waals surface area contributed by atoms with E-state index in [-0.39, 0.29) is 11.0 Å². The first kappa shape index (κ1) is 18.7. The summed E-state index contributed by atoms with van der Waals surface area (Å²) in [7, 11) is 0. The quantitative estimate of drug-likeness (QED) is 0.412. The molecular weight excluding hydrogens is 314 g/mol. The van der Waals surface area contributed by atoms with E-state index in [1.807, 2.05) is 45.0 Å². The van der Waals surface area contributed by atoms with Crippen molar-refractivity contribution < 1.29 is 9.59 Å². The largest absolute Gasteiger partial charge is 0.352 e. The average Bonchev–Trinajstić information content (AvgIpc) is 2.51. The van der Waals surface area contributed by atoms with E-state index in [2.05, 4.69) is 21.5 Å². The first-order chi connectivity index (χ1) is 10.8. The van der Waals surface area contributed by atoms with Gasteiger partial charge in [-0.1, -0.05) is 38.5 Å². The van der Waals surface area contributed by atoms with Gasteiger partial charge < -0.3 is 16.4 Å². The number of rotatable bonds is 5. The lowest BCUT2D eigenvalue weighted by Crippen LogP contribution is -2.56. The molecule has 1 aromatic carbocycles. The van der Waals surface area contributed by atoms with Crippen LogP contribution < -0.4 is 27.2 Å². The maximum absolute atomic E-state index is 12.2. The summed E-state index contributed by atoms with van der Waals surface area (Å²) in [6.07, 6.45) is 0.713. The lowest BCUT2D eigenvalue weighted by Gasteiger charge is -2.23. The van der Waals surface area contributed by atoms with Gasteiger partial charge in [0.25, 0.3) is 5.91 Å². The number of amides is 3. The number of hydrogen-bond donors (Lipinski definition) is 5. The molecule has 0 saturated carbocycles. The van der Waals surface area contributed by atoms with Crippen LogP contribution in [0.4, 0.5) is 10.5 Å². The Morgan fingerprint density at radius 3 is 2.48 bits per heavy atom. The predicted molar refractivity (Wildman–Crippen MR) is 94.6 cm³/mol. The zero-order valence-corrected chi connectivity index (χ0v) is 14.3. The minimum atomic E-state index is -0.744. The molecule has 3 amide bonds. The van der Waals surface area contributed by atoms with E-state index in [1.165, 1.54) is 0 Å². The van der Waals surface area contributed by atoms with Gasteiger partial charge in [0, 0.05) is 5.69 Å². The Morgan fingerprint density at radius 2 is 1.91 bits per heavy atom. The van der Waals surface area contributed by atoms with Crippen LogP contribution >= 0.6 is 12.2 Å². The summed E-state index contributed by atoms with van der Waals surface area (Å²) in [5, 5.41) is 5.66. The monoisotopic (exact) mass is 337 g/mol. The molecule has 7 nitrogen and oxygen atoms in total. The molecule has 126 valence electrons. The molecule has 0 saturated heterocycles. The Labute approximate surface area is 141 Å². The summed E-state index contributed by atoms with van der Waals surface area (Å²) in [4.78, 5) is 23.2. The summed E-state index contributed by atoms with van der Waals surface area (Å²) < 4.78 is 0. The van der Waals surface area contributed by atoms with Crippen molar-refractivity contribution in [2.75, 3.05) is 5.32 Å². The van der Waals surface area contributed by atoms with Crippen LogP contribution in [0, 0.1) is 12.8 Å². The van der Waals surface area contributed by atoms with Crippen LogP contribution in [-0.4, -0.2) is 23.1 Å². The molecule has 2 unspecified atom stereocenters. The molecule has 1 rings (SSSR count). The average molecular weight is 337 g/mol. The third kappa shape index (κ3) is 6.11. The molecule has 0 spiro atoms. The molecule has 1 aromatic rings. The van der Waals surface area contributed by atoms with Crippen molar-refractivity contribution in [1.29, 1.82) is 0 Å². The van der Waals surface area contributed by atoms with Crippen molar-refractivity contribution >= 4 is 35.0 Å². The summed E-state index contributed by atoms with van der Waals surface area (Å²) in [6.45, 7) is 5.72. The van der Waals surface area contributed by atoms with Crippen LogP contribution in [0.5, 0.6) is 0 Å². The van der Waals surface area contributed by atoms with Gasteiger partial charge in [-0.25, -0.2) is 4.79 Å². The van der Waals surface area contributed by atoms with Crippen LogP contribution in [-0.2, 0) is 4.79 Å². The van der Waals surface area contributed by atoms with Crippen molar-refractivity contribution in [3.8, 4) is 0 Å². The van der Waals surface area contributed by atoms with E-state index in [0.717, 1.165) is 11.3 Å². The van der Waals surface area contributed by atoms with Crippen molar-refractivity contribution in [2.45, 2.75) is 33.2 Å². The molecule has 0 aliphatic heterocycles.